The van der Waals surface area contributed by atoms with Crippen molar-refractivity contribution in [3.8, 4) is 11.5 Å². The van der Waals surface area contributed by atoms with Gasteiger partial charge in [-0.2, -0.15) is 0 Å². The third-order valence-corrected chi connectivity index (χ3v) is 2.91. The molecule has 2 aromatic rings. The molecule has 0 atom stereocenters. The summed E-state index contributed by atoms with van der Waals surface area (Å²) in [6.45, 7) is 1.99. The molecule has 0 saturated heterocycles. The molecule has 2 rings (SSSR count). The molecule has 17 heavy (non-hydrogen) atoms. The second kappa shape index (κ2) is 4.75. The van der Waals surface area contributed by atoms with Crippen molar-refractivity contribution in [1.82, 2.24) is 0 Å². The van der Waals surface area contributed by atoms with Crippen LogP contribution >= 0.6 is 15.9 Å². The molecule has 88 valence electrons. The Labute approximate surface area is 107 Å². The summed E-state index contributed by atoms with van der Waals surface area (Å²) in [7, 11) is 0. The van der Waals surface area contributed by atoms with Crippen molar-refractivity contribution in [2.75, 3.05) is 5.73 Å². The van der Waals surface area contributed by atoms with Gasteiger partial charge in [0.1, 0.15) is 11.6 Å². The van der Waals surface area contributed by atoms with Crippen molar-refractivity contribution in [2.45, 2.75) is 6.92 Å². The van der Waals surface area contributed by atoms with Gasteiger partial charge in [-0.25, -0.2) is 4.39 Å². The molecule has 0 aromatic heterocycles. The Balaban J connectivity index is 2.30. The third-order valence-electron chi connectivity index (χ3n) is 2.30. The fourth-order valence-corrected chi connectivity index (χ4v) is 1.69. The van der Waals surface area contributed by atoms with E-state index in [1.165, 1.54) is 12.1 Å². The van der Waals surface area contributed by atoms with Gasteiger partial charge >= 0.3 is 0 Å². The monoisotopic (exact) mass is 295 g/mol. The predicted molar refractivity (Wildman–Crippen MR) is 69.8 cm³/mol. The lowest BCUT2D eigenvalue weighted by atomic mass is 10.2. The maximum atomic E-state index is 13.2. The van der Waals surface area contributed by atoms with E-state index >= 15 is 0 Å². The van der Waals surface area contributed by atoms with Gasteiger partial charge in [0.2, 0.25) is 0 Å². The average Bonchev–Trinajstić information content (AvgIpc) is 2.29. The number of hydrogen-bond acceptors (Lipinski definition) is 2. The fraction of sp³-hybridized carbons (Fsp3) is 0.0769. The minimum Gasteiger partial charge on any atom is -0.455 e. The lowest BCUT2D eigenvalue weighted by Crippen LogP contribution is -1.94. The van der Waals surface area contributed by atoms with Gasteiger partial charge in [-0.15, -0.1) is 0 Å². The molecule has 0 unspecified atom stereocenters. The Morgan fingerprint density at radius 2 is 1.82 bits per heavy atom. The van der Waals surface area contributed by atoms with Crippen molar-refractivity contribution in [3.05, 3.63) is 52.3 Å². The van der Waals surface area contributed by atoms with Gasteiger partial charge in [0.25, 0.3) is 0 Å². The maximum Gasteiger partial charge on any atom is 0.151 e. The van der Waals surface area contributed by atoms with Gasteiger partial charge in [0, 0.05) is 12.1 Å². The van der Waals surface area contributed by atoms with Gasteiger partial charge < -0.3 is 10.5 Å². The van der Waals surface area contributed by atoms with Crippen LogP contribution in [0.15, 0.2) is 40.9 Å². The first-order valence-corrected chi connectivity index (χ1v) is 5.84. The first kappa shape index (κ1) is 11.9. The van der Waals surface area contributed by atoms with Crippen molar-refractivity contribution in [1.29, 1.82) is 0 Å². The third kappa shape index (κ3) is 2.77. The van der Waals surface area contributed by atoms with Crippen LogP contribution in [-0.4, -0.2) is 0 Å². The number of aryl methyl sites for hydroxylation is 1. The number of anilines is 1. The second-order valence-corrected chi connectivity index (χ2v) is 4.57. The van der Waals surface area contributed by atoms with E-state index in [0.29, 0.717) is 16.0 Å². The summed E-state index contributed by atoms with van der Waals surface area (Å²) in [4.78, 5) is 0. The topological polar surface area (TPSA) is 35.2 Å². The number of nitrogens with two attached hydrogens (primary N) is 1. The molecule has 2 nitrogen and oxygen atoms in total. The number of rotatable bonds is 2. The highest BCUT2D eigenvalue weighted by molar-refractivity contribution is 9.10. The predicted octanol–water partition coefficient (Wildman–Crippen LogP) is 4.27. The maximum absolute atomic E-state index is 13.2. The van der Waals surface area contributed by atoms with Gasteiger partial charge in [-0.1, -0.05) is 17.7 Å². The van der Waals surface area contributed by atoms with E-state index in [4.69, 9.17) is 10.5 Å². The molecule has 0 amide bonds. The van der Waals surface area contributed by atoms with Crippen molar-refractivity contribution < 1.29 is 9.13 Å². The summed E-state index contributed by atoms with van der Waals surface area (Å²) in [5.74, 6) is 0.696. The van der Waals surface area contributed by atoms with Gasteiger partial charge in [0.15, 0.2) is 5.75 Å². The number of halogens is 2. The van der Waals surface area contributed by atoms with E-state index in [1.54, 1.807) is 0 Å². The number of nitrogen functional groups attached to an aromatic ring is 1. The van der Waals surface area contributed by atoms with Crippen LogP contribution in [-0.2, 0) is 0 Å². The minimum atomic E-state index is -0.404. The molecular weight excluding hydrogens is 285 g/mol. The average molecular weight is 296 g/mol. The summed E-state index contributed by atoms with van der Waals surface area (Å²) in [5.41, 5.74) is 7.10. The van der Waals surface area contributed by atoms with E-state index in [9.17, 15) is 4.39 Å². The summed E-state index contributed by atoms with van der Waals surface area (Å²) in [6, 6.07) is 10.3. The van der Waals surface area contributed by atoms with E-state index in [1.807, 2.05) is 31.2 Å². The van der Waals surface area contributed by atoms with Crippen LogP contribution in [0.5, 0.6) is 11.5 Å². The highest BCUT2D eigenvalue weighted by Crippen LogP contribution is 2.32. The normalized spacial score (nSPS) is 10.3. The minimum absolute atomic E-state index is 0.270. The fourth-order valence-electron chi connectivity index (χ4n) is 1.37. The Kier molecular flexibility index (Phi) is 3.33. The van der Waals surface area contributed by atoms with Crippen molar-refractivity contribution in [3.63, 3.8) is 0 Å². The Morgan fingerprint density at radius 3 is 2.47 bits per heavy atom. The first-order chi connectivity index (χ1) is 8.06. The van der Waals surface area contributed by atoms with Gasteiger partial charge in [-0.3, -0.25) is 0 Å². The first-order valence-electron chi connectivity index (χ1n) is 5.05. The lowest BCUT2D eigenvalue weighted by molar-refractivity contribution is 0.482. The molecule has 4 heteroatoms. The zero-order valence-corrected chi connectivity index (χ0v) is 10.8. The molecule has 0 radical (unpaired) electrons. The van der Waals surface area contributed by atoms with E-state index in [-0.39, 0.29) is 5.69 Å². The molecule has 0 aliphatic heterocycles. The Hall–Kier alpha value is -1.55. The van der Waals surface area contributed by atoms with Gasteiger partial charge in [-0.05, 0) is 35.0 Å². The molecule has 0 saturated carbocycles. The molecule has 0 aliphatic rings. The number of hydrogen-bond donors (Lipinski definition) is 1. The van der Waals surface area contributed by atoms with Crippen LogP contribution in [0, 0.1) is 12.7 Å². The van der Waals surface area contributed by atoms with Gasteiger partial charge in [0.05, 0.1) is 10.2 Å². The van der Waals surface area contributed by atoms with Crippen LogP contribution in [0.4, 0.5) is 10.1 Å². The summed E-state index contributed by atoms with van der Waals surface area (Å²) < 4.78 is 19.1. The largest absolute Gasteiger partial charge is 0.455 e. The lowest BCUT2D eigenvalue weighted by Gasteiger charge is -2.09. The van der Waals surface area contributed by atoms with Crippen LogP contribution < -0.4 is 10.5 Å². The summed E-state index contributed by atoms with van der Waals surface area (Å²) in [6.07, 6.45) is 0. The van der Waals surface area contributed by atoms with Crippen LogP contribution in [0.1, 0.15) is 5.56 Å². The van der Waals surface area contributed by atoms with Crippen LogP contribution in [0.25, 0.3) is 0 Å². The molecule has 2 N–H and O–H groups in total. The SMILES string of the molecule is Cc1ccc(Oc2cc(Br)c(F)cc2N)cc1. The summed E-state index contributed by atoms with van der Waals surface area (Å²) >= 11 is 3.09. The Morgan fingerprint density at radius 1 is 1.18 bits per heavy atom. The molecule has 2 aromatic carbocycles. The van der Waals surface area contributed by atoms with E-state index < -0.39 is 5.82 Å². The van der Waals surface area contributed by atoms with Crippen molar-refractivity contribution >= 4 is 21.6 Å². The van der Waals surface area contributed by atoms with E-state index in [2.05, 4.69) is 15.9 Å². The Bertz CT molecular complexity index is 540. The highest BCUT2D eigenvalue weighted by Gasteiger charge is 2.07. The standard InChI is InChI=1S/C13H11BrFNO/c1-8-2-4-9(5-3-8)17-13-6-10(14)11(15)7-12(13)16/h2-7H,16H2,1H3. The van der Waals surface area contributed by atoms with Crippen LogP contribution in [0.3, 0.4) is 0 Å². The zero-order chi connectivity index (χ0) is 12.4. The molecule has 0 spiro atoms. The van der Waals surface area contributed by atoms with Crippen LogP contribution in [0.2, 0.25) is 0 Å². The zero-order valence-electron chi connectivity index (χ0n) is 9.21. The highest BCUT2D eigenvalue weighted by atomic mass is 79.9. The quantitative estimate of drug-likeness (QED) is 0.840. The van der Waals surface area contributed by atoms with Crippen molar-refractivity contribution in [2.24, 2.45) is 0 Å². The molecule has 0 aliphatic carbocycles. The molecular formula is C13H11BrFNO. The molecule has 0 bridgehead atoms. The number of benzene rings is 2. The van der Waals surface area contributed by atoms with E-state index in [0.717, 1.165) is 5.56 Å². The number of ether oxygens (including phenoxy) is 1. The molecule has 0 heterocycles. The summed E-state index contributed by atoms with van der Waals surface area (Å²) in [5, 5.41) is 0. The smallest absolute Gasteiger partial charge is 0.151 e. The second-order valence-electron chi connectivity index (χ2n) is 3.72. The molecule has 0 fully saturated rings.